The molecule has 1 saturated heterocycles. The van der Waals surface area contributed by atoms with Crippen molar-refractivity contribution in [1.29, 1.82) is 0 Å². The van der Waals surface area contributed by atoms with Crippen LogP contribution in [0.4, 0.5) is 15.4 Å². The zero-order valence-corrected chi connectivity index (χ0v) is 28.2. The number of piperidine rings is 1. The van der Waals surface area contributed by atoms with E-state index in [9.17, 15) is 19.5 Å². The van der Waals surface area contributed by atoms with Crippen molar-refractivity contribution in [2.75, 3.05) is 24.5 Å². The molecule has 1 aliphatic rings. The highest BCUT2D eigenvalue weighted by atomic mass is 16.6. The van der Waals surface area contributed by atoms with Crippen molar-refractivity contribution in [2.45, 2.75) is 78.0 Å². The van der Waals surface area contributed by atoms with Crippen molar-refractivity contribution in [2.24, 2.45) is 0 Å². The third kappa shape index (κ3) is 8.45. The van der Waals surface area contributed by atoms with Gasteiger partial charge in [0.25, 0.3) is 0 Å². The van der Waals surface area contributed by atoms with Crippen LogP contribution in [0.3, 0.4) is 0 Å². The van der Waals surface area contributed by atoms with E-state index in [4.69, 9.17) is 19.3 Å². The molecule has 48 heavy (non-hydrogen) atoms. The zero-order chi connectivity index (χ0) is 34.6. The maximum Gasteiger partial charge on any atom is 0.425 e. The Morgan fingerprint density at radius 1 is 0.896 bits per heavy atom. The molecule has 2 aromatic carbocycles. The second-order valence-electron chi connectivity index (χ2n) is 13.7. The van der Waals surface area contributed by atoms with Gasteiger partial charge in [0.1, 0.15) is 34.7 Å². The molecule has 13 heteroatoms. The number of carboxylic acid groups (broad SMARTS) is 1. The van der Waals surface area contributed by atoms with Crippen molar-refractivity contribution in [3.8, 4) is 22.8 Å². The van der Waals surface area contributed by atoms with Gasteiger partial charge < -0.3 is 24.2 Å². The van der Waals surface area contributed by atoms with Crippen LogP contribution in [0.5, 0.6) is 11.5 Å². The number of carbonyl (C=O) groups excluding carboxylic acids is 2. The molecule has 5 rings (SSSR count). The Hall–Kier alpha value is -5.04. The van der Waals surface area contributed by atoms with Gasteiger partial charge in [-0.25, -0.2) is 24.2 Å². The molecule has 3 heterocycles. The number of carboxylic acids is 1. The van der Waals surface area contributed by atoms with Gasteiger partial charge in [0.05, 0.1) is 17.8 Å². The van der Waals surface area contributed by atoms with Crippen LogP contribution in [0.2, 0.25) is 0 Å². The number of rotatable bonds is 8. The number of benzene rings is 2. The number of anilines is 1. The number of nitrogens with zero attached hydrogens (tertiary/aromatic N) is 6. The molecule has 0 bridgehead atoms. The SMILES string of the molecule is CC(C)(C)OC(=O)N(C(=O)OC(C)(C)C)c1ncnc2c1c(-c1ccc(Oc3ccccc3)cc1)nn2C1CCCN(CCC(=O)O)C1. The molecule has 0 radical (unpaired) electrons. The monoisotopic (exact) mass is 658 g/mol. The molecule has 0 aliphatic carbocycles. The fourth-order valence-electron chi connectivity index (χ4n) is 5.44. The van der Waals surface area contributed by atoms with Crippen LogP contribution in [0.15, 0.2) is 60.9 Å². The second kappa shape index (κ2) is 14.0. The van der Waals surface area contributed by atoms with E-state index in [1.807, 2.05) is 54.6 Å². The molecular formula is C35H42N6O7. The van der Waals surface area contributed by atoms with Crippen LogP contribution in [-0.4, -0.2) is 78.7 Å². The van der Waals surface area contributed by atoms with E-state index >= 15 is 0 Å². The van der Waals surface area contributed by atoms with E-state index in [1.54, 1.807) is 46.2 Å². The lowest BCUT2D eigenvalue weighted by atomic mass is 10.1. The normalized spacial score (nSPS) is 15.6. The number of carbonyl (C=O) groups is 3. The fourth-order valence-corrected chi connectivity index (χ4v) is 5.44. The van der Waals surface area contributed by atoms with E-state index in [0.29, 0.717) is 46.9 Å². The molecule has 2 amide bonds. The summed E-state index contributed by atoms with van der Waals surface area (Å²) in [6.07, 6.45) is 0.988. The molecule has 13 nitrogen and oxygen atoms in total. The van der Waals surface area contributed by atoms with Crippen LogP contribution in [-0.2, 0) is 14.3 Å². The van der Waals surface area contributed by atoms with Gasteiger partial charge >= 0.3 is 18.2 Å². The highest BCUT2D eigenvalue weighted by Crippen LogP contribution is 2.38. The molecule has 0 saturated carbocycles. The molecule has 1 unspecified atom stereocenters. The van der Waals surface area contributed by atoms with E-state index < -0.39 is 29.4 Å². The summed E-state index contributed by atoms with van der Waals surface area (Å²) in [4.78, 5) is 50.7. The van der Waals surface area contributed by atoms with Crippen LogP contribution in [0.25, 0.3) is 22.3 Å². The number of likely N-dealkylation sites (tertiary alicyclic amines) is 1. The molecule has 1 N–H and O–H groups in total. The minimum absolute atomic E-state index is 0.0300. The Bertz CT molecular complexity index is 1730. The third-order valence-electron chi connectivity index (χ3n) is 7.41. The Kier molecular flexibility index (Phi) is 9.99. The van der Waals surface area contributed by atoms with Crippen LogP contribution in [0, 0.1) is 0 Å². The first-order valence-corrected chi connectivity index (χ1v) is 16.0. The van der Waals surface area contributed by atoms with Gasteiger partial charge in [-0.1, -0.05) is 18.2 Å². The number of hydrogen-bond donors (Lipinski definition) is 1. The number of aromatic nitrogens is 4. The van der Waals surface area contributed by atoms with Gasteiger partial charge in [-0.3, -0.25) is 4.79 Å². The number of hydrogen-bond acceptors (Lipinski definition) is 10. The van der Waals surface area contributed by atoms with E-state index in [2.05, 4.69) is 14.9 Å². The first-order chi connectivity index (χ1) is 22.7. The lowest BCUT2D eigenvalue weighted by Crippen LogP contribution is -2.44. The third-order valence-corrected chi connectivity index (χ3v) is 7.41. The number of fused-ring (bicyclic) bond motifs is 1. The van der Waals surface area contributed by atoms with Gasteiger partial charge in [0.2, 0.25) is 0 Å². The minimum atomic E-state index is -0.959. The number of aliphatic carboxylic acids is 1. The summed E-state index contributed by atoms with van der Waals surface area (Å²) in [6, 6.07) is 16.5. The summed E-state index contributed by atoms with van der Waals surface area (Å²) in [6.45, 7) is 11.9. The lowest BCUT2D eigenvalue weighted by molar-refractivity contribution is -0.137. The van der Waals surface area contributed by atoms with Crippen molar-refractivity contribution in [1.82, 2.24) is 24.6 Å². The van der Waals surface area contributed by atoms with E-state index in [0.717, 1.165) is 24.3 Å². The summed E-state index contributed by atoms with van der Waals surface area (Å²) in [5.41, 5.74) is -0.338. The van der Waals surface area contributed by atoms with Gasteiger partial charge in [-0.15, -0.1) is 0 Å². The molecular weight excluding hydrogens is 616 g/mol. The number of amides is 2. The predicted octanol–water partition coefficient (Wildman–Crippen LogP) is 7.07. The smallest absolute Gasteiger partial charge is 0.425 e. The molecule has 254 valence electrons. The van der Waals surface area contributed by atoms with Crippen molar-refractivity contribution in [3.63, 3.8) is 0 Å². The molecule has 0 spiro atoms. The van der Waals surface area contributed by atoms with E-state index in [1.165, 1.54) is 6.33 Å². The molecule has 2 aromatic heterocycles. The number of imide groups is 1. The van der Waals surface area contributed by atoms with Crippen LogP contribution >= 0.6 is 0 Å². The number of ether oxygens (including phenoxy) is 3. The maximum absolute atomic E-state index is 13.7. The summed E-state index contributed by atoms with van der Waals surface area (Å²) in [7, 11) is 0. The second-order valence-corrected chi connectivity index (χ2v) is 13.7. The standard InChI is InChI=1S/C35H42N6O7/c1-34(2,3)47-32(44)40(33(45)48-35(4,5)6)30-28-29(23-14-16-26(17-15-23)46-25-12-8-7-9-13-25)38-41(31(28)37-22-36-30)24-11-10-19-39(21-24)20-18-27(42)43/h7-9,12-17,22,24H,10-11,18-21H2,1-6H3,(H,42,43). The van der Waals surface area contributed by atoms with Crippen molar-refractivity contribution in [3.05, 3.63) is 60.9 Å². The molecule has 1 aliphatic heterocycles. The largest absolute Gasteiger partial charge is 0.481 e. The summed E-state index contributed by atoms with van der Waals surface area (Å²) in [5, 5.41) is 14.7. The van der Waals surface area contributed by atoms with Crippen LogP contribution < -0.4 is 9.64 Å². The number of para-hydroxylation sites is 1. The predicted molar refractivity (Wildman–Crippen MR) is 179 cm³/mol. The molecule has 4 aromatic rings. The van der Waals surface area contributed by atoms with E-state index in [-0.39, 0.29) is 18.3 Å². The van der Waals surface area contributed by atoms with Crippen molar-refractivity contribution < 1.29 is 33.7 Å². The maximum atomic E-state index is 13.7. The average molecular weight is 659 g/mol. The summed E-state index contributed by atoms with van der Waals surface area (Å²) in [5.74, 6) is 0.403. The molecule has 1 fully saturated rings. The Balaban J connectivity index is 1.64. The lowest BCUT2D eigenvalue weighted by Gasteiger charge is -2.32. The highest BCUT2D eigenvalue weighted by molar-refractivity contribution is 6.15. The van der Waals surface area contributed by atoms with Gasteiger partial charge in [0.15, 0.2) is 11.5 Å². The van der Waals surface area contributed by atoms with Gasteiger partial charge in [0, 0.05) is 18.7 Å². The van der Waals surface area contributed by atoms with Gasteiger partial charge in [-0.2, -0.15) is 10.00 Å². The first kappa shape index (κ1) is 34.3. The summed E-state index contributed by atoms with van der Waals surface area (Å²) < 4.78 is 19.1. The average Bonchev–Trinajstić information content (AvgIpc) is 3.40. The Labute approximate surface area is 279 Å². The minimum Gasteiger partial charge on any atom is -0.481 e. The summed E-state index contributed by atoms with van der Waals surface area (Å²) >= 11 is 0. The highest BCUT2D eigenvalue weighted by Gasteiger charge is 2.37. The van der Waals surface area contributed by atoms with Crippen LogP contribution in [0.1, 0.15) is 66.8 Å². The topological polar surface area (TPSA) is 149 Å². The van der Waals surface area contributed by atoms with Crippen molar-refractivity contribution >= 4 is 35.0 Å². The zero-order valence-electron chi connectivity index (χ0n) is 28.2. The molecule has 1 atom stereocenters. The quantitative estimate of drug-likeness (QED) is 0.207. The fraction of sp³-hybridized carbons (Fsp3) is 0.429. The van der Waals surface area contributed by atoms with Gasteiger partial charge in [-0.05, 0) is 97.3 Å². The Morgan fingerprint density at radius 3 is 2.12 bits per heavy atom. The Morgan fingerprint density at radius 2 is 1.52 bits per heavy atom. The first-order valence-electron chi connectivity index (χ1n) is 16.0.